The molecule has 2 nitrogen and oxygen atoms in total. The van der Waals surface area contributed by atoms with Gasteiger partial charge in [-0.15, -0.1) is 0 Å². The van der Waals surface area contributed by atoms with Crippen molar-refractivity contribution in [2.24, 2.45) is 0 Å². The molecule has 0 amide bonds. The molecule has 2 aromatic rings. The summed E-state index contributed by atoms with van der Waals surface area (Å²) in [5.41, 5.74) is 2.33. The van der Waals surface area contributed by atoms with Gasteiger partial charge in [-0.05, 0) is 17.7 Å². The monoisotopic (exact) mass is 265 g/mol. The van der Waals surface area contributed by atoms with Crippen LogP contribution in [0.15, 0.2) is 41.2 Å². The maximum absolute atomic E-state index is 5.09. The average molecular weight is 266 g/mol. The van der Waals surface area contributed by atoms with Gasteiger partial charge in [0, 0.05) is 28.0 Å². The first-order chi connectivity index (χ1) is 7.22. The molecule has 1 heterocycles. The Hall–Kier alpha value is -1.22. The van der Waals surface area contributed by atoms with E-state index < -0.39 is 0 Å². The summed E-state index contributed by atoms with van der Waals surface area (Å²) in [6.45, 7) is 3.83. The van der Waals surface area contributed by atoms with Crippen LogP contribution >= 0.6 is 15.9 Å². The van der Waals surface area contributed by atoms with Crippen molar-refractivity contribution >= 4 is 26.8 Å². The first kappa shape index (κ1) is 10.3. The van der Waals surface area contributed by atoms with E-state index in [-0.39, 0.29) is 0 Å². The zero-order valence-electron chi connectivity index (χ0n) is 8.51. The van der Waals surface area contributed by atoms with Gasteiger partial charge < -0.3 is 9.72 Å². The van der Waals surface area contributed by atoms with Crippen LogP contribution in [0.3, 0.4) is 0 Å². The van der Waals surface area contributed by atoms with Crippen LogP contribution in [-0.4, -0.2) is 12.1 Å². The molecule has 0 aliphatic rings. The van der Waals surface area contributed by atoms with E-state index in [1.165, 1.54) is 10.9 Å². The molecule has 1 N–H and O–H groups in total. The fourth-order valence-corrected chi connectivity index (χ4v) is 2.25. The highest BCUT2D eigenvalue weighted by Crippen LogP contribution is 2.28. The second-order valence-corrected chi connectivity index (χ2v) is 4.25. The molecule has 0 fully saturated rings. The third kappa shape index (κ3) is 1.92. The zero-order valence-corrected chi connectivity index (χ0v) is 10.1. The van der Waals surface area contributed by atoms with Crippen molar-refractivity contribution in [1.82, 2.24) is 4.98 Å². The largest absolute Gasteiger partial charge is 0.501 e. The fourth-order valence-electron chi connectivity index (χ4n) is 1.63. The number of aromatic amines is 1. The lowest BCUT2D eigenvalue weighted by atomic mass is 10.1. The van der Waals surface area contributed by atoms with E-state index in [0.29, 0.717) is 0 Å². The Morgan fingerprint density at radius 1 is 1.53 bits per heavy atom. The van der Waals surface area contributed by atoms with E-state index in [0.717, 1.165) is 22.2 Å². The predicted octanol–water partition coefficient (Wildman–Crippen LogP) is 3.63. The van der Waals surface area contributed by atoms with Gasteiger partial charge in [-0.25, -0.2) is 0 Å². The van der Waals surface area contributed by atoms with Crippen molar-refractivity contribution in [2.45, 2.75) is 6.42 Å². The molecule has 2 rings (SSSR count). The van der Waals surface area contributed by atoms with E-state index in [9.17, 15) is 0 Å². The smallest absolute Gasteiger partial charge is 0.0928 e. The molecule has 0 spiro atoms. The third-order valence-electron chi connectivity index (χ3n) is 2.41. The van der Waals surface area contributed by atoms with Crippen molar-refractivity contribution < 1.29 is 4.74 Å². The topological polar surface area (TPSA) is 25.0 Å². The highest BCUT2D eigenvalue weighted by Gasteiger charge is 2.07. The number of halogens is 1. The summed E-state index contributed by atoms with van der Waals surface area (Å²) in [6, 6.07) is 6.10. The molecule has 0 saturated heterocycles. The maximum Gasteiger partial charge on any atom is 0.0928 e. The van der Waals surface area contributed by atoms with Gasteiger partial charge in [0.1, 0.15) is 0 Å². The summed E-state index contributed by atoms with van der Waals surface area (Å²) in [6.07, 6.45) is 2.73. The van der Waals surface area contributed by atoms with Gasteiger partial charge in [0.2, 0.25) is 0 Å². The van der Waals surface area contributed by atoms with Crippen molar-refractivity contribution in [2.75, 3.05) is 7.11 Å². The molecule has 0 radical (unpaired) electrons. The first-order valence-electron chi connectivity index (χ1n) is 4.68. The molecule has 0 unspecified atom stereocenters. The van der Waals surface area contributed by atoms with Crippen molar-refractivity contribution in [1.29, 1.82) is 0 Å². The average Bonchev–Trinajstić information content (AvgIpc) is 2.63. The van der Waals surface area contributed by atoms with Crippen LogP contribution in [0.4, 0.5) is 0 Å². The molecule has 0 saturated carbocycles. The molecular formula is C12H12BrNO. The van der Waals surface area contributed by atoms with Crippen molar-refractivity contribution in [3.8, 4) is 0 Å². The summed E-state index contributed by atoms with van der Waals surface area (Å²) in [5, 5.41) is 1.20. The molecule has 0 atom stereocenters. The molecule has 1 aromatic carbocycles. The molecule has 0 aliphatic carbocycles. The standard InChI is InChI=1S/C12H12BrNO/c1-8(15-2)6-9-7-14-11-5-3-4-10(13)12(9)11/h3-5,7,14H,1,6H2,2H3. The second kappa shape index (κ2) is 4.11. The Balaban J connectivity index is 2.48. The SMILES string of the molecule is C=C(Cc1c[nH]c2cccc(Br)c12)OC. The van der Waals surface area contributed by atoms with E-state index in [1.807, 2.05) is 18.3 Å². The summed E-state index contributed by atoms with van der Waals surface area (Å²) in [5.74, 6) is 0.770. The number of hydrogen-bond donors (Lipinski definition) is 1. The number of rotatable bonds is 3. The predicted molar refractivity (Wildman–Crippen MR) is 65.9 cm³/mol. The number of H-pyrrole nitrogens is 1. The van der Waals surface area contributed by atoms with Crippen LogP contribution in [0.25, 0.3) is 10.9 Å². The van der Waals surface area contributed by atoms with E-state index in [2.05, 4.69) is 33.6 Å². The quantitative estimate of drug-likeness (QED) is 0.843. The fraction of sp³-hybridized carbons (Fsp3) is 0.167. The minimum Gasteiger partial charge on any atom is -0.501 e. The third-order valence-corrected chi connectivity index (χ3v) is 3.07. The Bertz CT molecular complexity index is 501. The summed E-state index contributed by atoms with van der Waals surface area (Å²) in [4.78, 5) is 3.23. The summed E-state index contributed by atoms with van der Waals surface area (Å²) < 4.78 is 6.19. The van der Waals surface area contributed by atoms with E-state index >= 15 is 0 Å². The van der Waals surface area contributed by atoms with Gasteiger partial charge in [-0.1, -0.05) is 28.6 Å². The lowest BCUT2D eigenvalue weighted by Gasteiger charge is -2.03. The van der Waals surface area contributed by atoms with Gasteiger partial charge in [0.15, 0.2) is 0 Å². The molecule has 0 bridgehead atoms. The molecule has 3 heteroatoms. The van der Waals surface area contributed by atoms with Crippen LogP contribution in [0.1, 0.15) is 5.56 Å². The zero-order chi connectivity index (χ0) is 10.8. The number of benzene rings is 1. The Morgan fingerprint density at radius 2 is 2.33 bits per heavy atom. The Labute approximate surface area is 97.1 Å². The highest BCUT2D eigenvalue weighted by atomic mass is 79.9. The lowest BCUT2D eigenvalue weighted by Crippen LogP contribution is -1.90. The van der Waals surface area contributed by atoms with Crippen molar-refractivity contribution in [3.63, 3.8) is 0 Å². The van der Waals surface area contributed by atoms with Crippen LogP contribution in [0, 0.1) is 0 Å². The molecular weight excluding hydrogens is 254 g/mol. The highest BCUT2D eigenvalue weighted by molar-refractivity contribution is 9.10. The number of nitrogens with one attached hydrogen (secondary N) is 1. The van der Waals surface area contributed by atoms with E-state index in [1.54, 1.807) is 7.11 Å². The van der Waals surface area contributed by atoms with Crippen molar-refractivity contribution in [3.05, 3.63) is 46.8 Å². The minimum absolute atomic E-state index is 0.735. The van der Waals surface area contributed by atoms with Gasteiger partial charge >= 0.3 is 0 Å². The normalized spacial score (nSPS) is 10.5. The number of fused-ring (bicyclic) bond motifs is 1. The van der Waals surface area contributed by atoms with Gasteiger partial charge in [-0.3, -0.25) is 0 Å². The van der Waals surface area contributed by atoms with Crippen LogP contribution in [0.2, 0.25) is 0 Å². The molecule has 15 heavy (non-hydrogen) atoms. The van der Waals surface area contributed by atoms with Crippen LogP contribution < -0.4 is 0 Å². The summed E-state index contributed by atoms with van der Waals surface area (Å²) in [7, 11) is 1.65. The van der Waals surface area contributed by atoms with Crippen LogP contribution in [0.5, 0.6) is 0 Å². The molecule has 0 aliphatic heterocycles. The van der Waals surface area contributed by atoms with Gasteiger partial charge in [0.25, 0.3) is 0 Å². The number of ether oxygens (including phenoxy) is 1. The van der Waals surface area contributed by atoms with E-state index in [4.69, 9.17) is 4.74 Å². The minimum atomic E-state index is 0.735. The number of aromatic nitrogens is 1. The van der Waals surface area contributed by atoms with Gasteiger partial charge in [0.05, 0.1) is 12.9 Å². The Morgan fingerprint density at radius 3 is 3.07 bits per heavy atom. The number of allylic oxidation sites excluding steroid dienone is 1. The van der Waals surface area contributed by atoms with Gasteiger partial charge in [-0.2, -0.15) is 0 Å². The Kier molecular flexibility index (Phi) is 2.82. The molecule has 78 valence electrons. The number of hydrogen-bond acceptors (Lipinski definition) is 1. The molecule has 1 aromatic heterocycles. The lowest BCUT2D eigenvalue weighted by molar-refractivity contribution is 0.285. The number of methoxy groups -OCH3 is 1. The second-order valence-electron chi connectivity index (χ2n) is 3.40. The first-order valence-corrected chi connectivity index (χ1v) is 5.48. The maximum atomic E-state index is 5.09. The van der Waals surface area contributed by atoms with Crippen LogP contribution in [-0.2, 0) is 11.2 Å². The summed E-state index contributed by atoms with van der Waals surface area (Å²) >= 11 is 3.55.